The van der Waals surface area contributed by atoms with Crippen LogP contribution in [0.3, 0.4) is 0 Å². The molecular weight excluding hydrogens is 191 g/mol. The van der Waals surface area contributed by atoms with Crippen LogP contribution in [-0.4, -0.2) is 11.1 Å². The van der Waals surface area contributed by atoms with Gasteiger partial charge in [0.1, 0.15) is 0 Å². The van der Waals surface area contributed by atoms with Gasteiger partial charge < -0.3 is 14.7 Å². The van der Waals surface area contributed by atoms with Crippen LogP contribution in [0.5, 0.6) is 0 Å². The first-order valence-corrected chi connectivity index (χ1v) is 4.74. The molecule has 1 N–H and O–H groups in total. The van der Waals surface area contributed by atoms with Crippen LogP contribution in [0.4, 0.5) is 0 Å². The number of hydrogen-bond donors (Lipinski definition) is 1. The van der Waals surface area contributed by atoms with Crippen LogP contribution in [-0.2, 0) is 10.3 Å². The van der Waals surface area contributed by atoms with Crippen molar-refractivity contribution in [3.05, 3.63) is 35.4 Å². The Kier molecular flexibility index (Phi) is 1.84. The largest absolute Gasteiger partial charge is 0.678 e. The molecule has 13 heavy (non-hydrogen) atoms. The third-order valence-corrected chi connectivity index (χ3v) is 2.69. The van der Waals surface area contributed by atoms with E-state index in [2.05, 4.69) is 4.74 Å². The number of aliphatic hydroxyl groups is 1. The van der Waals surface area contributed by atoms with Gasteiger partial charge in [-0.1, -0.05) is 12.1 Å². The van der Waals surface area contributed by atoms with Gasteiger partial charge in [0, 0.05) is 8.81 Å². The monoisotopic (exact) mass is 198 g/mol. The molecular formula is C8H7O4P. The van der Waals surface area contributed by atoms with Crippen LogP contribution >= 0.6 is 8.81 Å². The summed E-state index contributed by atoms with van der Waals surface area (Å²) in [6.45, 7) is 0. The highest BCUT2D eigenvalue weighted by Gasteiger charge is 2.45. The van der Waals surface area contributed by atoms with Gasteiger partial charge in [0.05, 0.1) is 11.1 Å². The van der Waals surface area contributed by atoms with E-state index < -0.39 is 20.3 Å². The van der Waals surface area contributed by atoms with Crippen LogP contribution in [0.2, 0.25) is 0 Å². The van der Waals surface area contributed by atoms with E-state index in [-0.39, 0.29) is 5.56 Å². The molecule has 1 heterocycles. The SMILES string of the molecule is O=C1OC(O)([PH2+][O-])c2ccccc21. The van der Waals surface area contributed by atoms with E-state index in [9.17, 15) is 14.8 Å². The summed E-state index contributed by atoms with van der Waals surface area (Å²) in [6, 6.07) is 6.38. The highest BCUT2D eigenvalue weighted by atomic mass is 31.1. The molecule has 1 aliphatic heterocycles. The van der Waals surface area contributed by atoms with Crippen molar-refractivity contribution in [1.29, 1.82) is 0 Å². The van der Waals surface area contributed by atoms with Crippen molar-refractivity contribution in [3.8, 4) is 0 Å². The van der Waals surface area contributed by atoms with Crippen LogP contribution < -0.4 is 4.89 Å². The minimum absolute atomic E-state index is 0.286. The molecule has 0 fully saturated rings. The molecule has 1 aromatic rings. The molecule has 68 valence electrons. The van der Waals surface area contributed by atoms with Gasteiger partial charge in [0.2, 0.25) is 0 Å². The number of esters is 1. The molecule has 2 unspecified atom stereocenters. The van der Waals surface area contributed by atoms with Gasteiger partial charge in [-0.15, -0.1) is 0 Å². The zero-order chi connectivity index (χ0) is 9.47. The molecule has 2 atom stereocenters. The molecule has 4 nitrogen and oxygen atoms in total. The van der Waals surface area contributed by atoms with Gasteiger partial charge >= 0.3 is 11.5 Å². The summed E-state index contributed by atoms with van der Waals surface area (Å²) in [4.78, 5) is 21.9. The molecule has 0 aliphatic carbocycles. The van der Waals surface area contributed by atoms with Crippen LogP contribution in [0.15, 0.2) is 24.3 Å². The van der Waals surface area contributed by atoms with Crippen molar-refractivity contribution in [2.45, 2.75) is 5.53 Å². The minimum atomic E-state index is -1.88. The lowest BCUT2D eigenvalue weighted by atomic mass is 10.1. The van der Waals surface area contributed by atoms with Crippen molar-refractivity contribution in [2.24, 2.45) is 0 Å². The average Bonchev–Trinajstić information content (AvgIpc) is 2.42. The zero-order valence-electron chi connectivity index (χ0n) is 6.56. The number of cyclic esters (lactones) is 1. The Labute approximate surface area is 76.0 Å². The lowest BCUT2D eigenvalue weighted by Crippen LogP contribution is -2.22. The maximum absolute atomic E-state index is 11.1. The summed E-state index contributed by atoms with van der Waals surface area (Å²) in [5.74, 6) is -0.624. The van der Waals surface area contributed by atoms with Gasteiger partial charge in [0.25, 0.3) is 0 Å². The van der Waals surface area contributed by atoms with E-state index in [1.54, 1.807) is 12.1 Å². The standard InChI is InChI=1S/C8H7O4P/c9-7-5-3-1-2-4-6(5)8(10,12-7)13-11/h1-4,10H,13H2. The van der Waals surface area contributed by atoms with Gasteiger partial charge in [-0.3, -0.25) is 0 Å². The summed E-state index contributed by atoms with van der Waals surface area (Å²) in [6.07, 6.45) is 0. The average molecular weight is 198 g/mol. The fourth-order valence-corrected chi connectivity index (χ4v) is 1.85. The van der Waals surface area contributed by atoms with Crippen LogP contribution in [0.1, 0.15) is 15.9 Å². The molecule has 2 rings (SSSR count). The molecule has 1 aliphatic rings. The second kappa shape index (κ2) is 2.77. The van der Waals surface area contributed by atoms with E-state index in [1.165, 1.54) is 12.1 Å². The van der Waals surface area contributed by atoms with Gasteiger partial charge in [-0.25, -0.2) is 4.79 Å². The summed E-state index contributed by atoms with van der Waals surface area (Å²) in [5.41, 5.74) is -1.30. The van der Waals surface area contributed by atoms with Crippen molar-refractivity contribution in [2.75, 3.05) is 0 Å². The number of rotatable bonds is 1. The zero-order valence-corrected chi connectivity index (χ0v) is 7.71. The van der Waals surface area contributed by atoms with Crippen molar-refractivity contribution >= 4 is 14.8 Å². The van der Waals surface area contributed by atoms with E-state index in [4.69, 9.17) is 0 Å². The number of hydrogen-bond acceptors (Lipinski definition) is 4. The highest BCUT2D eigenvalue weighted by Crippen LogP contribution is 2.42. The first-order chi connectivity index (χ1) is 6.17. The van der Waals surface area contributed by atoms with E-state index in [1.807, 2.05) is 0 Å². The Hall–Kier alpha value is -0.960. The molecule has 0 aromatic heterocycles. The summed E-state index contributed by atoms with van der Waals surface area (Å²) in [7, 11) is -1.60. The number of carbonyl (C=O) groups excluding carboxylic acids is 1. The molecule has 1 aromatic carbocycles. The topological polar surface area (TPSA) is 69.6 Å². The normalized spacial score (nSPS) is 26.5. The maximum Gasteiger partial charge on any atom is 0.344 e. The van der Waals surface area contributed by atoms with E-state index >= 15 is 0 Å². The van der Waals surface area contributed by atoms with Gasteiger partial charge in [-0.05, 0) is 12.1 Å². The Morgan fingerprint density at radius 2 is 2.15 bits per heavy atom. The minimum Gasteiger partial charge on any atom is -0.678 e. The van der Waals surface area contributed by atoms with Crippen molar-refractivity contribution < 1.29 is 19.5 Å². The number of carbonyl (C=O) groups is 1. The summed E-state index contributed by atoms with van der Waals surface area (Å²) < 4.78 is 4.61. The third-order valence-electron chi connectivity index (χ3n) is 1.94. The van der Waals surface area contributed by atoms with Gasteiger partial charge in [-0.2, -0.15) is 0 Å². The molecule has 0 amide bonds. The number of ether oxygens (including phenoxy) is 1. The first kappa shape index (κ1) is 8.63. The van der Waals surface area contributed by atoms with Gasteiger partial charge in [0.15, 0.2) is 0 Å². The Morgan fingerprint density at radius 1 is 1.46 bits per heavy atom. The Bertz CT molecular complexity index is 365. The van der Waals surface area contributed by atoms with Crippen molar-refractivity contribution in [3.63, 3.8) is 0 Å². The molecule has 0 saturated heterocycles. The third kappa shape index (κ3) is 1.15. The van der Waals surface area contributed by atoms with Crippen molar-refractivity contribution in [1.82, 2.24) is 0 Å². The molecule has 0 bridgehead atoms. The predicted octanol–water partition coefficient (Wildman–Crippen LogP) is -0.354. The van der Waals surface area contributed by atoms with E-state index in [0.29, 0.717) is 5.56 Å². The molecule has 0 saturated carbocycles. The quantitative estimate of drug-likeness (QED) is 0.494. The summed E-state index contributed by atoms with van der Waals surface area (Å²) >= 11 is 0. The lowest BCUT2D eigenvalue weighted by molar-refractivity contribution is -0.192. The Morgan fingerprint density at radius 3 is 2.85 bits per heavy atom. The molecule has 0 spiro atoms. The second-order valence-electron chi connectivity index (χ2n) is 2.75. The lowest BCUT2D eigenvalue weighted by Gasteiger charge is -2.17. The molecule has 5 heteroatoms. The first-order valence-electron chi connectivity index (χ1n) is 3.69. The molecule has 0 radical (unpaired) electrons. The number of fused-ring (bicyclic) bond motifs is 1. The fourth-order valence-electron chi connectivity index (χ4n) is 1.31. The Balaban J connectivity index is 2.59. The van der Waals surface area contributed by atoms with Crippen LogP contribution in [0, 0.1) is 0 Å². The maximum atomic E-state index is 11.1. The van der Waals surface area contributed by atoms with Crippen LogP contribution in [0.25, 0.3) is 0 Å². The van der Waals surface area contributed by atoms with E-state index in [0.717, 1.165) is 0 Å². The second-order valence-corrected chi connectivity index (χ2v) is 3.77. The smallest absolute Gasteiger partial charge is 0.344 e. The number of benzene rings is 1. The fraction of sp³-hybridized carbons (Fsp3) is 0.125. The summed E-state index contributed by atoms with van der Waals surface area (Å²) in [5, 5.41) is 9.60. The predicted molar refractivity (Wildman–Crippen MR) is 45.5 cm³/mol. The highest BCUT2D eigenvalue weighted by molar-refractivity contribution is 7.30.